The summed E-state index contributed by atoms with van der Waals surface area (Å²) in [6.07, 6.45) is -0.0290. The quantitative estimate of drug-likeness (QED) is 0.207. The van der Waals surface area contributed by atoms with E-state index in [1.165, 1.54) is 0 Å². The fourth-order valence-electron chi connectivity index (χ4n) is 3.64. The Morgan fingerprint density at radius 3 is 2.05 bits per heavy atom. The van der Waals surface area contributed by atoms with Crippen LogP contribution in [0.5, 0.6) is 11.5 Å². The number of carbonyl (C=O) groups is 3. The number of ketones is 1. The Morgan fingerprint density at radius 1 is 0.897 bits per heavy atom. The van der Waals surface area contributed by atoms with E-state index < -0.39 is 12.1 Å². The molecule has 0 heterocycles. The molecule has 0 amide bonds. The summed E-state index contributed by atoms with van der Waals surface area (Å²) in [6.45, 7) is 5.61. The van der Waals surface area contributed by atoms with Gasteiger partial charge in [0.25, 0.3) is 0 Å². The molecule has 0 bridgehead atoms. The normalized spacial score (nSPS) is 10.4. The largest absolute Gasteiger partial charge is 1.00 e. The number of ether oxygens (including phenoxy) is 2. The van der Waals surface area contributed by atoms with Crippen molar-refractivity contribution < 1.29 is 177 Å². The second kappa shape index (κ2) is 20.6. The van der Waals surface area contributed by atoms with Crippen molar-refractivity contribution in [1.29, 1.82) is 0 Å². The summed E-state index contributed by atoms with van der Waals surface area (Å²) in [5.74, 6) is 0.134. The molecule has 0 saturated heterocycles. The van der Waals surface area contributed by atoms with Gasteiger partial charge in [0.2, 0.25) is 0 Å². The Labute approximate surface area is 346 Å². The molecule has 1 unspecified atom stereocenters. The van der Waals surface area contributed by atoms with Crippen LogP contribution in [0.3, 0.4) is 0 Å². The molecule has 0 aliphatic heterocycles. The van der Waals surface area contributed by atoms with E-state index in [0.717, 1.165) is 36.0 Å². The van der Waals surface area contributed by atoms with E-state index in [9.17, 15) is 9.59 Å². The number of carboxylic acids is 1. The van der Waals surface area contributed by atoms with E-state index in [1.807, 2.05) is 74.5 Å². The second-order valence-corrected chi connectivity index (χ2v) is 8.38. The fourth-order valence-corrected chi connectivity index (χ4v) is 3.64. The summed E-state index contributed by atoms with van der Waals surface area (Å²) in [4.78, 5) is 32.2. The third kappa shape index (κ3) is 14.5. The predicted octanol–water partition coefficient (Wildman–Crippen LogP) is -2.79. The van der Waals surface area contributed by atoms with Gasteiger partial charge in [-0.2, -0.15) is 0 Å². The van der Waals surface area contributed by atoms with Gasteiger partial charge in [0.1, 0.15) is 11.5 Å². The van der Waals surface area contributed by atoms with Gasteiger partial charge in [-0.25, -0.2) is 4.79 Å². The van der Waals surface area contributed by atoms with E-state index in [2.05, 4.69) is 6.92 Å². The number of aryl methyl sites for hydroxylation is 3. The van der Waals surface area contributed by atoms with Gasteiger partial charge >= 0.3 is 144 Å². The maximum Gasteiger partial charge on any atom is 1.00 e. The molecule has 3 aromatic carbocycles. The van der Waals surface area contributed by atoms with Crippen molar-refractivity contribution in [1.82, 2.24) is 0 Å². The number of hydrogen-bond acceptors (Lipinski definition) is 7. The second-order valence-electron chi connectivity index (χ2n) is 8.38. The van der Waals surface area contributed by atoms with Gasteiger partial charge in [-0.3, -0.25) is 4.79 Å². The molecule has 3 rings (SSSR count). The van der Waals surface area contributed by atoms with Crippen LogP contribution < -0.4 is 157 Å². The van der Waals surface area contributed by atoms with Crippen LogP contribution in [0.25, 0.3) is 0 Å². The van der Waals surface area contributed by atoms with Crippen molar-refractivity contribution in [2.45, 2.75) is 46.1 Å². The molecule has 39 heavy (non-hydrogen) atoms. The van der Waals surface area contributed by atoms with Crippen LogP contribution in [0.2, 0.25) is 0 Å². The molecule has 10 heteroatoms. The van der Waals surface area contributed by atoms with Crippen molar-refractivity contribution in [3.8, 4) is 11.5 Å². The zero-order valence-electron chi connectivity index (χ0n) is 23.1. The number of rotatable bonds is 11. The van der Waals surface area contributed by atoms with Gasteiger partial charge in [-0.15, -0.1) is 0 Å². The van der Waals surface area contributed by atoms with Gasteiger partial charge in [-0.05, 0) is 74.2 Å². The summed E-state index contributed by atoms with van der Waals surface area (Å²) in [6, 6.07) is 20.8. The average molecular weight is 772 g/mol. The molecule has 1 N–H and O–H groups in total. The van der Waals surface area contributed by atoms with E-state index in [0.29, 0.717) is 22.6 Å². The SMILES string of the molecule is CCc1ccc(OC(C)CCc2ccc(OCC(=O)O)c(C)c2)c(C(=O)c2ccccc2)c1.O=C([O-])[O-].[Cs+].[Cs+]. The number of benzene rings is 3. The Hall–Kier alpha value is -0.226. The first-order chi connectivity index (χ1) is 17.6. The van der Waals surface area contributed by atoms with Crippen molar-refractivity contribution in [3.63, 3.8) is 0 Å². The van der Waals surface area contributed by atoms with Gasteiger partial charge < -0.3 is 29.6 Å². The van der Waals surface area contributed by atoms with Gasteiger partial charge in [0.15, 0.2) is 12.4 Å². The van der Waals surface area contributed by atoms with Crippen LogP contribution in [0.15, 0.2) is 66.7 Å². The Bertz CT molecular complexity index is 1210. The smallest absolute Gasteiger partial charge is 0.652 e. The van der Waals surface area contributed by atoms with Gasteiger partial charge in [0, 0.05) is 5.56 Å². The van der Waals surface area contributed by atoms with E-state index in [4.69, 9.17) is 29.6 Å². The molecule has 1 atom stereocenters. The predicted molar refractivity (Wildman–Crippen MR) is 134 cm³/mol. The molecule has 0 radical (unpaired) electrons. The Morgan fingerprint density at radius 2 is 1.49 bits per heavy atom. The number of hydrogen-bond donors (Lipinski definition) is 1. The molecule has 196 valence electrons. The molecule has 0 aromatic heterocycles. The van der Waals surface area contributed by atoms with Crippen LogP contribution >= 0.6 is 0 Å². The summed E-state index contributed by atoms with van der Waals surface area (Å²) < 4.78 is 11.5. The fraction of sp³-hybridized carbons (Fsp3) is 0.276. The molecule has 0 aliphatic carbocycles. The van der Waals surface area contributed by atoms with Crippen LogP contribution in [0, 0.1) is 6.92 Å². The summed E-state index contributed by atoms with van der Waals surface area (Å²) in [5.41, 5.74) is 4.34. The molecule has 0 fully saturated rings. The van der Waals surface area contributed by atoms with Gasteiger partial charge in [-0.1, -0.05) is 55.5 Å². The number of carboxylic acid groups (broad SMARTS) is 3. The molecule has 0 spiro atoms. The summed E-state index contributed by atoms with van der Waals surface area (Å²) in [7, 11) is 0. The monoisotopic (exact) mass is 772 g/mol. The van der Waals surface area contributed by atoms with Crippen molar-refractivity contribution in [2.24, 2.45) is 0 Å². The van der Waals surface area contributed by atoms with Crippen LogP contribution in [0.4, 0.5) is 4.79 Å². The molecule has 3 aromatic rings. The summed E-state index contributed by atoms with van der Waals surface area (Å²) >= 11 is 0. The van der Waals surface area contributed by atoms with Crippen LogP contribution in [-0.2, 0) is 17.6 Å². The minimum Gasteiger partial charge on any atom is -0.652 e. The number of aliphatic carboxylic acids is 1. The maximum atomic E-state index is 13.1. The van der Waals surface area contributed by atoms with E-state index in [-0.39, 0.29) is 156 Å². The first kappa shape index (κ1) is 38.8. The standard InChI is InChI=1S/C28H30O5.CH2O3.2Cs/c1-4-21-12-15-26(24(17-21)28(31)23-8-6-5-7-9-23)33-20(3)10-11-22-13-14-25(19(2)16-22)32-18-27(29)30;2-1(3)4;;/h5-9,12-17,20H,4,10-11,18H2,1-3H3,(H,29,30);(H2,2,3,4);;/q;;2*+1/p-2. The molecule has 0 aliphatic rings. The minimum absolute atomic E-state index is 0. The first-order valence-corrected chi connectivity index (χ1v) is 11.8. The zero-order chi connectivity index (χ0) is 27.4. The molecule has 0 saturated carbocycles. The van der Waals surface area contributed by atoms with Gasteiger partial charge in [0.05, 0.1) is 11.7 Å². The molecule has 8 nitrogen and oxygen atoms in total. The van der Waals surface area contributed by atoms with E-state index >= 15 is 0 Å². The van der Waals surface area contributed by atoms with E-state index in [1.54, 1.807) is 6.07 Å². The number of carbonyl (C=O) groups excluding carboxylic acids is 2. The maximum absolute atomic E-state index is 13.1. The third-order valence-corrected chi connectivity index (χ3v) is 5.49. The minimum atomic E-state index is -2.33. The van der Waals surface area contributed by atoms with Crippen LogP contribution in [0.1, 0.15) is 52.9 Å². The first-order valence-electron chi connectivity index (χ1n) is 11.8. The topological polar surface area (TPSA) is 136 Å². The Balaban J connectivity index is 0.00000225. The Kier molecular flexibility index (Phi) is 20.5. The van der Waals surface area contributed by atoms with Crippen molar-refractivity contribution in [3.05, 3.63) is 94.5 Å². The third-order valence-electron chi connectivity index (χ3n) is 5.49. The van der Waals surface area contributed by atoms with Crippen molar-refractivity contribution >= 4 is 17.9 Å². The van der Waals surface area contributed by atoms with Crippen molar-refractivity contribution in [2.75, 3.05) is 6.61 Å². The van der Waals surface area contributed by atoms with Crippen LogP contribution in [-0.4, -0.2) is 35.7 Å². The average Bonchev–Trinajstić information content (AvgIpc) is 2.87. The zero-order valence-corrected chi connectivity index (χ0v) is 35.6. The molecular formula is C29H30Cs2O8. The molecular weight excluding hydrogens is 742 g/mol. The summed E-state index contributed by atoms with van der Waals surface area (Å²) in [5, 5.41) is 25.4.